The maximum Gasteiger partial charge on any atom is 0.321 e. The Hall–Kier alpha value is -1.91. The SMILES string of the molecule is CN(C)C(=O)Nc1ccc(OCCc2ccc(Cl)cc2)c(Cl)c1. The lowest BCUT2D eigenvalue weighted by atomic mass is 10.2. The summed E-state index contributed by atoms with van der Waals surface area (Å²) in [5.74, 6) is 0.587. The van der Waals surface area contributed by atoms with E-state index in [1.807, 2.05) is 24.3 Å². The zero-order chi connectivity index (χ0) is 16.8. The van der Waals surface area contributed by atoms with Gasteiger partial charge in [0, 0.05) is 31.2 Å². The van der Waals surface area contributed by atoms with Crippen molar-refractivity contribution in [2.75, 3.05) is 26.0 Å². The maximum absolute atomic E-state index is 11.6. The summed E-state index contributed by atoms with van der Waals surface area (Å²) in [4.78, 5) is 13.0. The van der Waals surface area contributed by atoms with Crippen LogP contribution in [0.4, 0.5) is 10.5 Å². The molecule has 0 unspecified atom stereocenters. The number of anilines is 1. The number of nitrogens with one attached hydrogen (secondary N) is 1. The van der Waals surface area contributed by atoms with Gasteiger partial charge in [0.25, 0.3) is 0 Å². The average molecular weight is 353 g/mol. The number of nitrogens with zero attached hydrogens (tertiary/aromatic N) is 1. The Labute approximate surface area is 146 Å². The summed E-state index contributed by atoms with van der Waals surface area (Å²) in [6.45, 7) is 0.505. The van der Waals surface area contributed by atoms with Gasteiger partial charge >= 0.3 is 6.03 Å². The van der Waals surface area contributed by atoms with Gasteiger partial charge in [-0.2, -0.15) is 0 Å². The molecular formula is C17H18Cl2N2O2. The Morgan fingerprint density at radius 2 is 1.83 bits per heavy atom. The molecule has 2 rings (SSSR count). The van der Waals surface area contributed by atoms with Gasteiger partial charge in [0.1, 0.15) is 5.75 Å². The Morgan fingerprint density at radius 3 is 2.43 bits per heavy atom. The van der Waals surface area contributed by atoms with Crippen LogP contribution in [-0.4, -0.2) is 31.6 Å². The molecule has 0 radical (unpaired) electrons. The largest absolute Gasteiger partial charge is 0.492 e. The fourth-order valence-corrected chi connectivity index (χ4v) is 2.22. The Balaban J connectivity index is 1.90. The molecule has 0 aliphatic heterocycles. The molecule has 0 saturated heterocycles. The maximum atomic E-state index is 11.6. The van der Waals surface area contributed by atoms with Gasteiger partial charge in [0.15, 0.2) is 0 Å². The van der Waals surface area contributed by atoms with Crippen LogP contribution in [0, 0.1) is 0 Å². The van der Waals surface area contributed by atoms with E-state index in [0.29, 0.717) is 28.1 Å². The van der Waals surface area contributed by atoms with Crippen LogP contribution < -0.4 is 10.1 Å². The van der Waals surface area contributed by atoms with E-state index in [2.05, 4.69) is 5.32 Å². The van der Waals surface area contributed by atoms with E-state index in [-0.39, 0.29) is 6.03 Å². The van der Waals surface area contributed by atoms with Gasteiger partial charge in [-0.1, -0.05) is 35.3 Å². The summed E-state index contributed by atoms with van der Waals surface area (Å²) in [6.07, 6.45) is 0.757. The first-order valence-corrected chi connectivity index (χ1v) is 7.86. The molecular weight excluding hydrogens is 335 g/mol. The number of ether oxygens (including phenoxy) is 1. The smallest absolute Gasteiger partial charge is 0.321 e. The molecule has 2 aromatic carbocycles. The molecule has 1 N–H and O–H groups in total. The zero-order valence-electron chi connectivity index (χ0n) is 13.0. The summed E-state index contributed by atoms with van der Waals surface area (Å²) in [6, 6.07) is 12.6. The summed E-state index contributed by atoms with van der Waals surface area (Å²) >= 11 is 12.0. The highest BCUT2D eigenvalue weighted by molar-refractivity contribution is 6.32. The first kappa shape index (κ1) is 17.4. The van der Waals surface area contributed by atoms with Crippen molar-refractivity contribution in [3.05, 3.63) is 58.1 Å². The minimum Gasteiger partial charge on any atom is -0.492 e. The van der Waals surface area contributed by atoms with Crippen LogP contribution in [0.15, 0.2) is 42.5 Å². The van der Waals surface area contributed by atoms with E-state index in [1.54, 1.807) is 32.3 Å². The van der Waals surface area contributed by atoms with Crippen LogP contribution >= 0.6 is 23.2 Å². The van der Waals surface area contributed by atoms with Gasteiger partial charge in [-0.25, -0.2) is 4.79 Å². The van der Waals surface area contributed by atoms with E-state index in [9.17, 15) is 4.79 Å². The van der Waals surface area contributed by atoms with E-state index >= 15 is 0 Å². The van der Waals surface area contributed by atoms with Crippen LogP contribution in [0.2, 0.25) is 10.0 Å². The van der Waals surface area contributed by atoms with E-state index in [0.717, 1.165) is 12.0 Å². The number of rotatable bonds is 5. The Bertz CT molecular complexity index is 673. The third-order valence-corrected chi connectivity index (χ3v) is 3.70. The van der Waals surface area contributed by atoms with Crippen molar-refractivity contribution >= 4 is 34.9 Å². The quantitative estimate of drug-likeness (QED) is 0.846. The molecule has 0 aromatic heterocycles. The van der Waals surface area contributed by atoms with Crippen LogP contribution in [0.25, 0.3) is 0 Å². The molecule has 0 aliphatic carbocycles. The van der Waals surface area contributed by atoms with Crippen molar-refractivity contribution in [2.45, 2.75) is 6.42 Å². The lowest BCUT2D eigenvalue weighted by molar-refractivity contribution is 0.230. The van der Waals surface area contributed by atoms with Crippen LogP contribution in [0.5, 0.6) is 5.75 Å². The highest BCUT2D eigenvalue weighted by atomic mass is 35.5. The third-order valence-electron chi connectivity index (χ3n) is 3.15. The summed E-state index contributed by atoms with van der Waals surface area (Å²) < 4.78 is 5.69. The van der Waals surface area contributed by atoms with E-state index < -0.39 is 0 Å². The molecule has 0 saturated carbocycles. The number of carbonyl (C=O) groups is 1. The topological polar surface area (TPSA) is 41.6 Å². The Morgan fingerprint density at radius 1 is 1.13 bits per heavy atom. The van der Waals surface area contributed by atoms with Gasteiger partial charge in [-0.05, 0) is 35.9 Å². The first-order chi connectivity index (χ1) is 11.0. The fraction of sp³-hybridized carbons (Fsp3) is 0.235. The highest BCUT2D eigenvalue weighted by Crippen LogP contribution is 2.28. The van der Waals surface area contributed by atoms with Crippen LogP contribution in [0.3, 0.4) is 0 Å². The normalized spacial score (nSPS) is 10.3. The fourth-order valence-electron chi connectivity index (χ4n) is 1.86. The summed E-state index contributed by atoms with van der Waals surface area (Å²) in [7, 11) is 3.34. The lowest BCUT2D eigenvalue weighted by Gasteiger charge is -2.13. The van der Waals surface area contributed by atoms with Crippen molar-refractivity contribution in [3.63, 3.8) is 0 Å². The van der Waals surface area contributed by atoms with Crippen molar-refractivity contribution in [3.8, 4) is 5.75 Å². The number of hydrogen-bond acceptors (Lipinski definition) is 2. The van der Waals surface area contributed by atoms with Gasteiger partial charge in [-0.3, -0.25) is 0 Å². The number of halogens is 2. The second-order valence-corrected chi connectivity index (χ2v) is 6.04. The predicted molar refractivity (Wildman–Crippen MR) is 94.8 cm³/mol. The molecule has 0 aliphatic rings. The molecule has 2 amide bonds. The number of benzene rings is 2. The van der Waals surface area contributed by atoms with Crippen molar-refractivity contribution in [1.29, 1.82) is 0 Å². The minimum absolute atomic E-state index is 0.211. The Kier molecular flexibility index (Phi) is 6.13. The van der Waals surface area contributed by atoms with Gasteiger partial charge in [0.2, 0.25) is 0 Å². The van der Waals surface area contributed by atoms with Gasteiger partial charge in [0.05, 0.1) is 11.6 Å². The molecule has 23 heavy (non-hydrogen) atoms. The monoisotopic (exact) mass is 352 g/mol. The zero-order valence-corrected chi connectivity index (χ0v) is 14.5. The van der Waals surface area contributed by atoms with Gasteiger partial charge in [-0.15, -0.1) is 0 Å². The predicted octanol–water partition coefficient (Wildman–Crippen LogP) is 4.71. The molecule has 122 valence electrons. The average Bonchev–Trinajstić information content (AvgIpc) is 2.51. The lowest BCUT2D eigenvalue weighted by Crippen LogP contribution is -2.27. The molecule has 0 atom stereocenters. The minimum atomic E-state index is -0.211. The second kappa shape index (κ2) is 8.09. The third kappa shape index (κ3) is 5.34. The van der Waals surface area contributed by atoms with Crippen LogP contribution in [-0.2, 0) is 6.42 Å². The van der Waals surface area contributed by atoms with Crippen molar-refractivity contribution in [2.24, 2.45) is 0 Å². The van der Waals surface area contributed by atoms with Crippen LogP contribution in [0.1, 0.15) is 5.56 Å². The number of carbonyl (C=O) groups excluding carboxylic acids is 1. The molecule has 6 heteroatoms. The molecule has 2 aromatic rings. The molecule has 0 heterocycles. The van der Waals surface area contributed by atoms with E-state index in [1.165, 1.54) is 4.90 Å². The molecule has 0 spiro atoms. The molecule has 0 bridgehead atoms. The molecule has 0 fully saturated rings. The van der Waals surface area contributed by atoms with Crippen molar-refractivity contribution < 1.29 is 9.53 Å². The summed E-state index contributed by atoms with van der Waals surface area (Å²) in [5.41, 5.74) is 1.76. The molecule has 4 nitrogen and oxygen atoms in total. The number of hydrogen-bond donors (Lipinski definition) is 1. The number of urea groups is 1. The van der Waals surface area contributed by atoms with Crippen molar-refractivity contribution in [1.82, 2.24) is 4.90 Å². The van der Waals surface area contributed by atoms with Gasteiger partial charge < -0.3 is 15.0 Å². The first-order valence-electron chi connectivity index (χ1n) is 7.11. The standard InChI is InChI=1S/C17H18Cl2N2O2/c1-21(2)17(22)20-14-7-8-16(15(19)11-14)23-10-9-12-3-5-13(18)6-4-12/h3-8,11H,9-10H2,1-2H3,(H,20,22). The number of amides is 2. The summed E-state index contributed by atoms with van der Waals surface area (Å²) in [5, 5.41) is 3.90. The van der Waals surface area contributed by atoms with E-state index in [4.69, 9.17) is 27.9 Å². The highest BCUT2D eigenvalue weighted by Gasteiger charge is 2.07. The second-order valence-electron chi connectivity index (χ2n) is 5.19.